The quantitative estimate of drug-likeness (QED) is 0.311. The molecular formula is C27H42N4S. The highest BCUT2D eigenvalue weighted by Gasteiger charge is 2.17. The highest BCUT2D eigenvalue weighted by Crippen LogP contribution is 2.25. The third-order valence-corrected chi connectivity index (χ3v) is 7.28. The van der Waals surface area contributed by atoms with E-state index in [9.17, 15) is 0 Å². The summed E-state index contributed by atoms with van der Waals surface area (Å²) < 4.78 is 0. The smallest absolute Gasteiger partial charge is 0.129 e. The fourth-order valence-corrected chi connectivity index (χ4v) is 4.99. The van der Waals surface area contributed by atoms with Crippen molar-refractivity contribution in [2.45, 2.75) is 59.8 Å². The third-order valence-electron chi connectivity index (χ3n) is 6.94. The Morgan fingerprint density at radius 3 is 2.44 bits per heavy atom. The summed E-state index contributed by atoms with van der Waals surface area (Å²) in [6.07, 6.45) is 5.73. The number of piperazine rings is 1. The highest BCUT2D eigenvalue weighted by molar-refractivity contribution is 7.80. The molecule has 1 aliphatic rings. The molecule has 0 unspecified atom stereocenters. The van der Waals surface area contributed by atoms with Crippen molar-refractivity contribution < 1.29 is 0 Å². The maximum absolute atomic E-state index is 5.73. The number of unbranched alkanes of at least 4 members (excludes halogenated alkanes) is 2. The second-order valence-corrected chi connectivity index (χ2v) is 9.70. The molecule has 0 bridgehead atoms. The van der Waals surface area contributed by atoms with Gasteiger partial charge >= 0.3 is 0 Å². The van der Waals surface area contributed by atoms with Gasteiger partial charge in [-0.2, -0.15) is 0 Å². The minimum absolute atomic E-state index is 0.904. The predicted octanol–water partition coefficient (Wildman–Crippen LogP) is 5.50. The van der Waals surface area contributed by atoms with Gasteiger partial charge in [0.1, 0.15) is 5.82 Å². The second kappa shape index (κ2) is 12.6. The van der Waals surface area contributed by atoms with E-state index in [1.807, 2.05) is 0 Å². The average molecular weight is 455 g/mol. The van der Waals surface area contributed by atoms with Gasteiger partial charge < -0.3 is 14.7 Å². The molecule has 0 amide bonds. The lowest BCUT2D eigenvalue weighted by atomic mass is 10.0. The SMILES string of the molecule is CCN(CC)CCCCCC(=S)Cc1ccc2nc(N3CCN(CC)CC3)cc(C)c2c1. The van der Waals surface area contributed by atoms with E-state index in [4.69, 9.17) is 17.2 Å². The minimum Gasteiger partial charge on any atom is -0.354 e. The fourth-order valence-electron chi connectivity index (χ4n) is 4.68. The molecule has 1 aliphatic heterocycles. The molecule has 4 nitrogen and oxygen atoms in total. The second-order valence-electron chi connectivity index (χ2n) is 9.12. The van der Waals surface area contributed by atoms with Crippen molar-refractivity contribution in [2.24, 2.45) is 0 Å². The van der Waals surface area contributed by atoms with Crippen LogP contribution in [0.3, 0.4) is 0 Å². The van der Waals surface area contributed by atoms with Crippen molar-refractivity contribution in [3.8, 4) is 0 Å². The number of aromatic nitrogens is 1. The van der Waals surface area contributed by atoms with Crippen LogP contribution in [-0.4, -0.2) is 72.0 Å². The largest absolute Gasteiger partial charge is 0.354 e. The molecule has 0 atom stereocenters. The summed E-state index contributed by atoms with van der Waals surface area (Å²) in [7, 11) is 0. The molecule has 5 heteroatoms. The zero-order valence-corrected chi connectivity index (χ0v) is 21.5. The van der Waals surface area contributed by atoms with Gasteiger partial charge in [-0.1, -0.05) is 45.5 Å². The van der Waals surface area contributed by atoms with Gasteiger partial charge in [0.25, 0.3) is 0 Å². The maximum atomic E-state index is 5.73. The van der Waals surface area contributed by atoms with Gasteiger partial charge in [-0.05, 0) is 86.6 Å². The standard InChI is InChI=1S/C27H42N4S/c1-5-29(6-2)14-10-8-9-11-24(32)20-23-12-13-26-25(21-23)22(4)19-27(28-26)31-17-15-30(7-3)16-18-31/h12-13,19,21H,5-11,14-18,20H2,1-4H3. The van der Waals surface area contributed by atoms with E-state index in [1.165, 1.54) is 47.2 Å². The summed E-state index contributed by atoms with van der Waals surface area (Å²) in [4.78, 5) is 13.6. The van der Waals surface area contributed by atoms with Gasteiger partial charge in [0, 0.05) is 38.0 Å². The molecule has 3 rings (SSSR count). The third kappa shape index (κ3) is 6.97. The van der Waals surface area contributed by atoms with Crippen LogP contribution in [0.15, 0.2) is 24.3 Å². The number of pyridine rings is 1. The molecule has 0 radical (unpaired) electrons. The van der Waals surface area contributed by atoms with Crippen LogP contribution in [-0.2, 0) is 6.42 Å². The van der Waals surface area contributed by atoms with E-state index >= 15 is 0 Å². The normalized spacial score (nSPS) is 15.1. The first-order chi connectivity index (χ1) is 15.5. The molecule has 0 spiro atoms. The zero-order chi connectivity index (χ0) is 22.9. The van der Waals surface area contributed by atoms with Gasteiger partial charge in [0.2, 0.25) is 0 Å². The molecule has 2 heterocycles. The molecule has 32 heavy (non-hydrogen) atoms. The summed E-state index contributed by atoms with van der Waals surface area (Å²) >= 11 is 5.73. The van der Waals surface area contributed by atoms with Crippen LogP contribution in [0.5, 0.6) is 0 Å². The lowest BCUT2D eigenvalue weighted by Gasteiger charge is -2.35. The summed E-state index contributed by atoms with van der Waals surface area (Å²) in [6.45, 7) is 18.0. The molecule has 176 valence electrons. The summed E-state index contributed by atoms with van der Waals surface area (Å²) in [5.74, 6) is 1.12. The molecule has 1 saturated heterocycles. The van der Waals surface area contributed by atoms with Crippen LogP contribution in [0, 0.1) is 6.92 Å². The van der Waals surface area contributed by atoms with Crippen LogP contribution in [0.1, 0.15) is 57.6 Å². The Morgan fingerprint density at radius 2 is 1.75 bits per heavy atom. The lowest BCUT2D eigenvalue weighted by Crippen LogP contribution is -2.46. The minimum atomic E-state index is 0.904. The monoisotopic (exact) mass is 454 g/mol. The first kappa shape index (κ1) is 25.1. The Morgan fingerprint density at radius 1 is 1.00 bits per heavy atom. The maximum Gasteiger partial charge on any atom is 0.129 e. The zero-order valence-electron chi connectivity index (χ0n) is 20.7. The number of anilines is 1. The van der Waals surface area contributed by atoms with Crippen molar-refractivity contribution >= 4 is 33.8 Å². The molecule has 0 N–H and O–H groups in total. The summed E-state index contributed by atoms with van der Waals surface area (Å²) in [5.41, 5.74) is 3.73. The molecule has 0 aliphatic carbocycles. The first-order valence-corrected chi connectivity index (χ1v) is 13.1. The number of hydrogen-bond donors (Lipinski definition) is 0. The topological polar surface area (TPSA) is 22.6 Å². The van der Waals surface area contributed by atoms with Crippen molar-refractivity contribution in [2.75, 3.05) is 57.3 Å². The van der Waals surface area contributed by atoms with Crippen LogP contribution in [0.4, 0.5) is 5.82 Å². The molecule has 2 aromatic rings. The molecular weight excluding hydrogens is 412 g/mol. The molecule has 0 saturated carbocycles. The van der Waals surface area contributed by atoms with Crippen LogP contribution in [0.2, 0.25) is 0 Å². The number of likely N-dealkylation sites (N-methyl/N-ethyl adjacent to an activating group) is 1. The number of rotatable bonds is 12. The van der Waals surface area contributed by atoms with Gasteiger partial charge in [-0.15, -0.1) is 0 Å². The predicted molar refractivity (Wildman–Crippen MR) is 143 cm³/mol. The Balaban J connectivity index is 1.54. The van der Waals surface area contributed by atoms with E-state index in [2.05, 4.69) is 66.7 Å². The Kier molecular flexibility index (Phi) is 9.89. The van der Waals surface area contributed by atoms with E-state index in [1.54, 1.807) is 0 Å². The Labute approximate surface area is 201 Å². The van der Waals surface area contributed by atoms with E-state index in [0.29, 0.717) is 0 Å². The highest BCUT2D eigenvalue weighted by atomic mass is 32.1. The average Bonchev–Trinajstić information content (AvgIpc) is 2.81. The molecule has 1 aromatic heterocycles. The van der Waals surface area contributed by atoms with Gasteiger partial charge in [0.05, 0.1) is 5.52 Å². The molecule has 1 aromatic carbocycles. The Hall–Kier alpha value is -1.56. The van der Waals surface area contributed by atoms with Crippen molar-refractivity contribution in [3.63, 3.8) is 0 Å². The van der Waals surface area contributed by atoms with Gasteiger partial charge in [-0.3, -0.25) is 0 Å². The summed E-state index contributed by atoms with van der Waals surface area (Å²) in [6, 6.07) is 8.99. The Bertz CT molecular complexity index is 869. The van der Waals surface area contributed by atoms with E-state index in [-0.39, 0.29) is 0 Å². The first-order valence-electron chi connectivity index (χ1n) is 12.7. The van der Waals surface area contributed by atoms with E-state index in [0.717, 1.165) is 70.0 Å². The van der Waals surface area contributed by atoms with Crippen molar-refractivity contribution in [3.05, 3.63) is 35.4 Å². The number of nitrogens with zero attached hydrogens (tertiary/aromatic N) is 4. The van der Waals surface area contributed by atoms with Crippen LogP contribution in [0.25, 0.3) is 10.9 Å². The summed E-state index contributed by atoms with van der Waals surface area (Å²) in [5, 5.41) is 1.26. The number of thiocarbonyl (C=S) groups is 1. The fraction of sp³-hybridized carbons (Fsp3) is 0.630. The number of benzene rings is 1. The van der Waals surface area contributed by atoms with Crippen LogP contribution < -0.4 is 4.90 Å². The van der Waals surface area contributed by atoms with Crippen molar-refractivity contribution in [1.82, 2.24) is 14.8 Å². The van der Waals surface area contributed by atoms with Gasteiger partial charge in [0.15, 0.2) is 0 Å². The number of fused-ring (bicyclic) bond motifs is 1. The van der Waals surface area contributed by atoms with Crippen molar-refractivity contribution in [1.29, 1.82) is 0 Å². The number of hydrogen-bond acceptors (Lipinski definition) is 5. The molecule has 1 fully saturated rings. The van der Waals surface area contributed by atoms with E-state index < -0.39 is 0 Å². The number of aryl methyl sites for hydroxylation is 1. The van der Waals surface area contributed by atoms with Gasteiger partial charge in [-0.25, -0.2) is 4.98 Å². The van der Waals surface area contributed by atoms with Crippen LogP contribution >= 0.6 is 12.2 Å². The lowest BCUT2D eigenvalue weighted by molar-refractivity contribution is 0.270.